The summed E-state index contributed by atoms with van der Waals surface area (Å²) in [5.74, 6) is 0. The van der Waals surface area contributed by atoms with Gasteiger partial charge in [0.1, 0.15) is 0 Å². The first-order valence-corrected chi connectivity index (χ1v) is 5.97. The second-order valence-electron chi connectivity index (χ2n) is 4.44. The molecule has 0 aliphatic heterocycles. The highest BCUT2D eigenvalue weighted by molar-refractivity contribution is 6.31. The lowest BCUT2D eigenvalue weighted by Gasteiger charge is -2.18. The molecule has 0 aliphatic carbocycles. The first-order valence-electron chi connectivity index (χ1n) is 5.60. The molecule has 16 heavy (non-hydrogen) atoms. The molecule has 3 heteroatoms. The van der Waals surface area contributed by atoms with Crippen molar-refractivity contribution in [3.8, 4) is 0 Å². The van der Waals surface area contributed by atoms with E-state index in [-0.39, 0.29) is 12.1 Å². The van der Waals surface area contributed by atoms with Crippen LogP contribution in [-0.4, -0.2) is 17.8 Å². The molecule has 0 bridgehead atoms. The molecule has 90 valence electrons. The predicted octanol–water partition coefficient (Wildman–Crippen LogP) is 2.99. The van der Waals surface area contributed by atoms with Gasteiger partial charge >= 0.3 is 0 Å². The zero-order chi connectivity index (χ0) is 12.3. The third-order valence-electron chi connectivity index (χ3n) is 2.80. The lowest BCUT2D eigenvalue weighted by molar-refractivity contribution is 0.187. The van der Waals surface area contributed by atoms with Crippen LogP contribution in [0.15, 0.2) is 12.1 Å². The monoisotopic (exact) mass is 241 g/mol. The SMILES string of the molecule is Cc1cc(Cl)c(C(C)NC[C@@H](C)O)cc1C. The molecule has 1 rings (SSSR count). The summed E-state index contributed by atoms with van der Waals surface area (Å²) in [6.07, 6.45) is -0.340. The van der Waals surface area contributed by atoms with Crippen LogP contribution in [0.2, 0.25) is 5.02 Å². The number of aliphatic hydroxyl groups excluding tert-OH is 1. The number of benzene rings is 1. The molecule has 0 spiro atoms. The van der Waals surface area contributed by atoms with Crippen molar-refractivity contribution < 1.29 is 5.11 Å². The van der Waals surface area contributed by atoms with Crippen molar-refractivity contribution >= 4 is 11.6 Å². The first-order chi connectivity index (χ1) is 7.41. The molecular formula is C13H20ClNO. The first kappa shape index (κ1) is 13.5. The molecule has 0 aromatic heterocycles. The highest BCUT2D eigenvalue weighted by atomic mass is 35.5. The summed E-state index contributed by atoms with van der Waals surface area (Å²) in [7, 11) is 0. The van der Waals surface area contributed by atoms with E-state index in [9.17, 15) is 5.11 Å². The second-order valence-corrected chi connectivity index (χ2v) is 4.84. The summed E-state index contributed by atoms with van der Waals surface area (Å²) in [5.41, 5.74) is 3.53. The Morgan fingerprint density at radius 3 is 2.38 bits per heavy atom. The van der Waals surface area contributed by atoms with E-state index < -0.39 is 0 Å². The van der Waals surface area contributed by atoms with Gasteiger partial charge in [-0.25, -0.2) is 0 Å². The molecule has 0 aliphatic rings. The number of hydrogen-bond acceptors (Lipinski definition) is 2. The van der Waals surface area contributed by atoms with Crippen molar-refractivity contribution in [1.82, 2.24) is 5.32 Å². The summed E-state index contributed by atoms with van der Waals surface area (Å²) in [4.78, 5) is 0. The quantitative estimate of drug-likeness (QED) is 0.850. The largest absolute Gasteiger partial charge is 0.392 e. The Kier molecular flexibility index (Phi) is 4.78. The van der Waals surface area contributed by atoms with Crippen LogP contribution in [0.4, 0.5) is 0 Å². The number of nitrogens with one attached hydrogen (secondary N) is 1. The van der Waals surface area contributed by atoms with E-state index in [2.05, 4.69) is 32.2 Å². The van der Waals surface area contributed by atoms with Crippen LogP contribution < -0.4 is 5.32 Å². The van der Waals surface area contributed by atoms with E-state index in [4.69, 9.17) is 11.6 Å². The molecule has 2 atom stereocenters. The molecule has 1 unspecified atom stereocenters. The van der Waals surface area contributed by atoms with Gasteiger partial charge in [0.25, 0.3) is 0 Å². The van der Waals surface area contributed by atoms with Gasteiger partial charge < -0.3 is 10.4 Å². The lowest BCUT2D eigenvalue weighted by atomic mass is 10.0. The molecule has 0 amide bonds. The van der Waals surface area contributed by atoms with Crippen molar-refractivity contribution in [2.75, 3.05) is 6.54 Å². The lowest BCUT2D eigenvalue weighted by Crippen LogP contribution is -2.27. The van der Waals surface area contributed by atoms with Gasteiger partial charge in [-0.05, 0) is 50.5 Å². The van der Waals surface area contributed by atoms with Crippen molar-refractivity contribution in [3.05, 3.63) is 33.8 Å². The number of rotatable bonds is 4. The zero-order valence-corrected chi connectivity index (χ0v) is 11.1. The van der Waals surface area contributed by atoms with Gasteiger partial charge in [-0.15, -0.1) is 0 Å². The average Bonchev–Trinajstić information content (AvgIpc) is 2.20. The van der Waals surface area contributed by atoms with Crippen LogP contribution in [-0.2, 0) is 0 Å². The van der Waals surface area contributed by atoms with Crippen molar-refractivity contribution in [3.63, 3.8) is 0 Å². The van der Waals surface area contributed by atoms with Crippen molar-refractivity contribution in [2.24, 2.45) is 0 Å². The molecule has 1 aromatic carbocycles. The van der Waals surface area contributed by atoms with Crippen molar-refractivity contribution in [1.29, 1.82) is 0 Å². The highest BCUT2D eigenvalue weighted by Gasteiger charge is 2.11. The van der Waals surface area contributed by atoms with Crippen LogP contribution >= 0.6 is 11.6 Å². The van der Waals surface area contributed by atoms with E-state index >= 15 is 0 Å². The Morgan fingerprint density at radius 1 is 1.25 bits per heavy atom. The van der Waals surface area contributed by atoms with Gasteiger partial charge in [0.15, 0.2) is 0 Å². The maximum Gasteiger partial charge on any atom is 0.0636 e. The summed E-state index contributed by atoms with van der Waals surface area (Å²) >= 11 is 6.21. The molecule has 2 nitrogen and oxygen atoms in total. The molecular weight excluding hydrogens is 222 g/mol. The Hall–Kier alpha value is -0.570. The third-order valence-corrected chi connectivity index (χ3v) is 3.13. The highest BCUT2D eigenvalue weighted by Crippen LogP contribution is 2.26. The van der Waals surface area contributed by atoms with Crippen LogP contribution in [0.1, 0.15) is 36.6 Å². The van der Waals surface area contributed by atoms with E-state index in [1.807, 2.05) is 6.07 Å². The molecule has 0 heterocycles. The third kappa shape index (κ3) is 3.48. The van der Waals surface area contributed by atoms with E-state index in [0.29, 0.717) is 6.54 Å². The fourth-order valence-electron chi connectivity index (χ4n) is 1.59. The van der Waals surface area contributed by atoms with E-state index in [1.165, 1.54) is 11.1 Å². The number of aliphatic hydroxyl groups is 1. The van der Waals surface area contributed by atoms with Gasteiger partial charge in [-0.2, -0.15) is 0 Å². The summed E-state index contributed by atoms with van der Waals surface area (Å²) in [5, 5.41) is 13.3. The molecule has 0 radical (unpaired) electrons. The van der Waals surface area contributed by atoms with Crippen LogP contribution in [0, 0.1) is 13.8 Å². The summed E-state index contributed by atoms with van der Waals surface area (Å²) in [6.45, 7) is 8.53. The van der Waals surface area contributed by atoms with Crippen LogP contribution in [0.3, 0.4) is 0 Å². The van der Waals surface area contributed by atoms with Crippen LogP contribution in [0.5, 0.6) is 0 Å². The summed E-state index contributed by atoms with van der Waals surface area (Å²) < 4.78 is 0. The standard InChI is InChI=1S/C13H20ClNO/c1-8-5-12(13(14)6-9(8)2)11(4)15-7-10(3)16/h5-6,10-11,15-16H,7H2,1-4H3/t10-,11?/m1/s1. The molecule has 0 fully saturated rings. The average molecular weight is 242 g/mol. The Labute approximate surface area is 103 Å². The smallest absolute Gasteiger partial charge is 0.0636 e. The van der Waals surface area contributed by atoms with E-state index in [0.717, 1.165) is 10.6 Å². The van der Waals surface area contributed by atoms with Gasteiger partial charge in [0, 0.05) is 17.6 Å². The number of aryl methyl sites for hydroxylation is 2. The van der Waals surface area contributed by atoms with Crippen molar-refractivity contribution in [2.45, 2.75) is 39.8 Å². The Bertz CT molecular complexity index is 363. The molecule has 2 N–H and O–H groups in total. The maximum atomic E-state index is 9.22. The minimum Gasteiger partial charge on any atom is -0.392 e. The number of halogens is 1. The fourth-order valence-corrected chi connectivity index (χ4v) is 1.97. The minimum absolute atomic E-state index is 0.154. The van der Waals surface area contributed by atoms with E-state index in [1.54, 1.807) is 6.92 Å². The Morgan fingerprint density at radius 2 is 1.81 bits per heavy atom. The molecule has 1 aromatic rings. The van der Waals surface area contributed by atoms with Gasteiger partial charge in [-0.3, -0.25) is 0 Å². The topological polar surface area (TPSA) is 32.3 Å². The normalized spacial score (nSPS) is 14.9. The van der Waals surface area contributed by atoms with Gasteiger partial charge in [0.2, 0.25) is 0 Å². The molecule has 0 saturated heterocycles. The second kappa shape index (κ2) is 5.67. The maximum absolute atomic E-state index is 9.22. The molecule has 0 saturated carbocycles. The van der Waals surface area contributed by atoms with Crippen LogP contribution in [0.25, 0.3) is 0 Å². The fraction of sp³-hybridized carbons (Fsp3) is 0.538. The minimum atomic E-state index is -0.340. The van der Waals surface area contributed by atoms with Gasteiger partial charge in [-0.1, -0.05) is 17.7 Å². The number of hydrogen-bond donors (Lipinski definition) is 2. The predicted molar refractivity (Wildman–Crippen MR) is 69.0 cm³/mol. The Balaban J connectivity index is 2.82. The van der Waals surface area contributed by atoms with Gasteiger partial charge in [0.05, 0.1) is 6.10 Å². The summed E-state index contributed by atoms with van der Waals surface area (Å²) in [6, 6.07) is 4.26. The zero-order valence-electron chi connectivity index (χ0n) is 10.3.